The number of piperidine rings is 1. The molecule has 6 nitrogen and oxygen atoms in total. The number of carbonyl (C=O) groups is 2. The average molecular weight is 243 g/mol. The van der Waals surface area contributed by atoms with Gasteiger partial charge in [-0.05, 0) is 19.3 Å². The number of nitrogens with zero attached hydrogens (tertiary/aromatic N) is 1. The van der Waals surface area contributed by atoms with Crippen molar-refractivity contribution in [2.45, 2.75) is 32.6 Å². The molecule has 1 atom stereocenters. The molecule has 1 saturated heterocycles. The topological polar surface area (TPSA) is 84.7 Å². The molecular formula is C11H21N3O3. The van der Waals surface area contributed by atoms with E-state index in [1.54, 1.807) is 4.90 Å². The van der Waals surface area contributed by atoms with Gasteiger partial charge in [0.2, 0.25) is 5.91 Å². The second kappa shape index (κ2) is 7.11. The molecule has 1 heterocycles. The summed E-state index contributed by atoms with van der Waals surface area (Å²) < 4.78 is 5.11. The van der Waals surface area contributed by atoms with E-state index >= 15 is 0 Å². The van der Waals surface area contributed by atoms with Crippen LogP contribution in [0.15, 0.2) is 0 Å². The van der Waals surface area contributed by atoms with Crippen LogP contribution in [0.4, 0.5) is 4.79 Å². The first-order chi connectivity index (χ1) is 8.19. The number of rotatable bonds is 4. The molecule has 1 aliphatic heterocycles. The number of nitrogens with two attached hydrogens (primary N) is 1. The van der Waals surface area contributed by atoms with Crippen molar-refractivity contribution in [3.8, 4) is 0 Å². The summed E-state index contributed by atoms with van der Waals surface area (Å²) in [5, 5.41) is 0. The van der Waals surface area contributed by atoms with Crippen LogP contribution in [0.5, 0.6) is 0 Å². The Balaban J connectivity index is 2.37. The van der Waals surface area contributed by atoms with Crippen molar-refractivity contribution in [1.29, 1.82) is 0 Å². The Bertz CT molecular complexity index is 271. The maximum Gasteiger partial charge on any atom is 0.409 e. The Morgan fingerprint density at radius 1 is 1.53 bits per heavy atom. The van der Waals surface area contributed by atoms with Crippen molar-refractivity contribution >= 4 is 12.0 Å². The Kier molecular flexibility index (Phi) is 5.76. The summed E-state index contributed by atoms with van der Waals surface area (Å²) >= 11 is 0. The van der Waals surface area contributed by atoms with E-state index in [0.717, 1.165) is 25.7 Å². The summed E-state index contributed by atoms with van der Waals surface area (Å²) in [6, 6.07) is 0. The zero-order valence-electron chi connectivity index (χ0n) is 10.3. The van der Waals surface area contributed by atoms with Crippen LogP contribution in [0.2, 0.25) is 0 Å². The van der Waals surface area contributed by atoms with Gasteiger partial charge in [-0.25, -0.2) is 10.6 Å². The minimum Gasteiger partial charge on any atom is -0.449 e. The van der Waals surface area contributed by atoms with Gasteiger partial charge in [0.25, 0.3) is 0 Å². The molecule has 1 fully saturated rings. The number of nitrogens with one attached hydrogen (secondary N) is 1. The van der Waals surface area contributed by atoms with E-state index < -0.39 is 0 Å². The molecule has 0 aromatic heterocycles. The van der Waals surface area contributed by atoms with Gasteiger partial charge in [0.15, 0.2) is 0 Å². The minimum atomic E-state index is -0.326. The van der Waals surface area contributed by atoms with E-state index in [-0.39, 0.29) is 17.9 Å². The van der Waals surface area contributed by atoms with Crippen LogP contribution in [-0.4, -0.2) is 36.6 Å². The third-order valence-corrected chi connectivity index (χ3v) is 2.92. The fourth-order valence-corrected chi connectivity index (χ4v) is 1.87. The van der Waals surface area contributed by atoms with Gasteiger partial charge in [-0.2, -0.15) is 0 Å². The van der Waals surface area contributed by atoms with Crippen molar-refractivity contribution in [2.24, 2.45) is 11.8 Å². The van der Waals surface area contributed by atoms with Crippen molar-refractivity contribution in [1.82, 2.24) is 10.3 Å². The number of ether oxygens (including phenoxy) is 1. The zero-order chi connectivity index (χ0) is 12.7. The van der Waals surface area contributed by atoms with Crippen molar-refractivity contribution in [3.63, 3.8) is 0 Å². The standard InChI is InChI=1S/C11H21N3O3/c1-2-3-7-17-11(16)14-6-4-5-9(8-14)10(15)13-12/h9H,2-8,12H2,1H3,(H,13,15)/t9-/m1/s1. The molecule has 0 aromatic rings. The minimum absolute atomic E-state index is 0.212. The largest absolute Gasteiger partial charge is 0.449 e. The van der Waals surface area contributed by atoms with Crippen LogP contribution in [0.1, 0.15) is 32.6 Å². The van der Waals surface area contributed by atoms with Gasteiger partial charge in [0, 0.05) is 13.1 Å². The van der Waals surface area contributed by atoms with Crippen molar-refractivity contribution < 1.29 is 14.3 Å². The van der Waals surface area contributed by atoms with Gasteiger partial charge in [-0.15, -0.1) is 0 Å². The molecule has 2 amide bonds. The first-order valence-corrected chi connectivity index (χ1v) is 6.11. The summed E-state index contributed by atoms with van der Waals surface area (Å²) in [6.45, 7) is 3.53. The smallest absolute Gasteiger partial charge is 0.409 e. The summed E-state index contributed by atoms with van der Waals surface area (Å²) in [6.07, 6.45) is 3.11. The van der Waals surface area contributed by atoms with Gasteiger partial charge in [-0.1, -0.05) is 13.3 Å². The number of hydrazine groups is 1. The molecule has 0 unspecified atom stereocenters. The number of amides is 2. The first kappa shape index (κ1) is 13.8. The second-order valence-electron chi connectivity index (χ2n) is 4.26. The highest BCUT2D eigenvalue weighted by atomic mass is 16.6. The number of unbranched alkanes of at least 4 members (excludes halogenated alkanes) is 1. The van der Waals surface area contributed by atoms with E-state index in [2.05, 4.69) is 5.43 Å². The predicted octanol–water partition coefficient (Wildman–Crippen LogP) is 0.625. The summed E-state index contributed by atoms with van der Waals surface area (Å²) in [5.41, 5.74) is 2.13. The lowest BCUT2D eigenvalue weighted by Crippen LogP contribution is -2.47. The lowest BCUT2D eigenvalue weighted by atomic mass is 9.98. The van der Waals surface area contributed by atoms with Gasteiger partial charge >= 0.3 is 6.09 Å². The molecule has 0 aliphatic carbocycles. The molecule has 1 rings (SSSR count). The van der Waals surface area contributed by atoms with Gasteiger partial charge < -0.3 is 9.64 Å². The van der Waals surface area contributed by atoms with Crippen LogP contribution in [0.25, 0.3) is 0 Å². The molecule has 0 bridgehead atoms. The highest BCUT2D eigenvalue weighted by molar-refractivity contribution is 5.79. The van der Waals surface area contributed by atoms with Crippen LogP contribution in [0, 0.1) is 5.92 Å². The molecule has 6 heteroatoms. The first-order valence-electron chi connectivity index (χ1n) is 6.11. The van der Waals surface area contributed by atoms with Gasteiger partial charge in [0.05, 0.1) is 12.5 Å². The molecule has 3 N–H and O–H groups in total. The third kappa shape index (κ3) is 4.22. The van der Waals surface area contributed by atoms with Crippen LogP contribution in [-0.2, 0) is 9.53 Å². The van der Waals surface area contributed by atoms with Crippen molar-refractivity contribution in [3.05, 3.63) is 0 Å². The van der Waals surface area contributed by atoms with Crippen LogP contribution >= 0.6 is 0 Å². The number of hydrogen-bond acceptors (Lipinski definition) is 4. The van der Waals surface area contributed by atoms with E-state index in [1.165, 1.54) is 0 Å². The molecule has 0 spiro atoms. The fourth-order valence-electron chi connectivity index (χ4n) is 1.87. The third-order valence-electron chi connectivity index (χ3n) is 2.92. The van der Waals surface area contributed by atoms with Crippen molar-refractivity contribution in [2.75, 3.05) is 19.7 Å². The normalized spacial score (nSPS) is 19.9. The van der Waals surface area contributed by atoms with Gasteiger partial charge in [-0.3, -0.25) is 10.2 Å². The Hall–Kier alpha value is -1.30. The SMILES string of the molecule is CCCCOC(=O)N1CCC[C@@H](C(=O)NN)C1. The molecule has 17 heavy (non-hydrogen) atoms. The molecule has 0 radical (unpaired) electrons. The Morgan fingerprint density at radius 3 is 2.94 bits per heavy atom. The van der Waals surface area contributed by atoms with E-state index in [0.29, 0.717) is 19.7 Å². The maximum atomic E-state index is 11.7. The number of hydrogen-bond donors (Lipinski definition) is 2. The fraction of sp³-hybridized carbons (Fsp3) is 0.818. The molecule has 0 saturated carbocycles. The maximum absolute atomic E-state index is 11.7. The highest BCUT2D eigenvalue weighted by Gasteiger charge is 2.28. The van der Waals surface area contributed by atoms with Crippen LogP contribution < -0.4 is 11.3 Å². The molecule has 98 valence electrons. The quantitative estimate of drug-likeness (QED) is 0.328. The average Bonchev–Trinajstić information content (AvgIpc) is 2.38. The number of likely N-dealkylation sites (tertiary alicyclic amines) is 1. The summed E-state index contributed by atoms with van der Waals surface area (Å²) in [7, 11) is 0. The lowest BCUT2D eigenvalue weighted by molar-refractivity contribution is -0.126. The van der Waals surface area contributed by atoms with E-state index in [9.17, 15) is 9.59 Å². The monoisotopic (exact) mass is 243 g/mol. The van der Waals surface area contributed by atoms with E-state index in [4.69, 9.17) is 10.6 Å². The summed E-state index contributed by atoms with van der Waals surface area (Å²) in [5.74, 6) is 4.66. The number of carbonyl (C=O) groups excluding carboxylic acids is 2. The lowest BCUT2D eigenvalue weighted by Gasteiger charge is -2.30. The highest BCUT2D eigenvalue weighted by Crippen LogP contribution is 2.17. The molecular weight excluding hydrogens is 222 g/mol. The van der Waals surface area contributed by atoms with Crippen LogP contribution in [0.3, 0.4) is 0 Å². The second-order valence-corrected chi connectivity index (χ2v) is 4.26. The molecule has 0 aromatic carbocycles. The van der Waals surface area contributed by atoms with Gasteiger partial charge in [0.1, 0.15) is 0 Å². The Labute approximate surface area is 101 Å². The zero-order valence-corrected chi connectivity index (χ0v) is 10.3. The summed E-state index contributed by atoms with van der Waals surface area (Å²) in [4.78, 5) is 24.6. The predicted molar refractivity (Wildman–Crippen MR) is 62.9 cm³/mol. The Morgan fingerprint density at radius 2 is 2.29 bits per heavy atom. The molecule has 1 aliphatic rings. The van der Waals surface area contributed by atoms with E-state index in [1.807, 2.05) is 6.92 Å².